The third-order valence-corrected chi connectivity index (χ3v) is 3.74. The molecule has 118 valence electrons. The average molecular weight is 309 g/mol. The van der Waals surface area contributed by atoms with Crippen LogP contribution in [0.2, 0.25) is 0 Å². The number of fused-ring (bicyclic) bond motifs is 1. The molecule has 1 fully saturated rings. The molecule has 0 aliphatic carbocycles. The molecule has 3 heterocycles. The molecule has 2 aromatic heterocycles. The van der Waals surface area contributed by atoms with Crippen LogP contribution in [-0.2, 0) is 4.74 Å². The highest BCUT2D eigenvalue weighted by Gasteiger charge is 2.54. The molecule has 0 saturated carbocycles. The van der Waals surface area contributed by atoms with Gasteiger partial charge < -0.3 is 25.8 Å². The predicted molar refractivity (Wildman–Crippen MR) is 74.7 cm³/mol. The number of hydrogen-bond acceptors (Lipinski definition) is 8. The van der Waals surface area contributed by atoms with Crippen LogP contribution in [0.3, 0.4) is 0 Å². The van der Waals surface area contributed by atoms with Gasteiger partial charge in [-0.25, -0.2) is 4.98 Å². The number of aromatic nitrogens is 4. The van der Waals surface area contributed by atoms with Crippen molar-refractivity contribution in [2.45, 2.75) is 24.0 Å². The maximum Gasteiger partial charge on any atom is 0.280 e. The molecule has 0 aromatic carbocycles. The van der Waals surface area contributed by atoms with Crippen molar-refractivity contribution in [3.63, 3.8) is 0 Å². The van der Waals surface area contributed by atoms with Gasteiger partial charge in [0.25, 0.3) is 5.56 Å². The number of nitrogens with two attached hydrogens (primary N) is 1. The number of nitrogens with zero attached hydrogens (tertiary/aromatic N) is 3. The highest BCUT2D eigenvalue weighted by atomic mass is 16.6. The topological polar surface area (TPSA) is 160 Å². The molecule has 0 unspecified atom stereocenters. The van der Waals surface area contributed by atoms with Crippen LogP contribution in [0, 0.1) is 0 Å². The van der Waals surface area contributed by atoms with Gasteiger partial charge in [0.15, 0.2) is 23.0 Å². The summed E-state index contributed by atoms with van der Waals surface area (Å²) in [5.41, 5.74) is 3.17. The normalized spacial score (nSPS) is 31.7. The Morgan fingerprint density at radius 2 is 2.36 bits per heavy atom. The Balaban J connectivity index is 2.18. The number of nitrogen functional groups attached to an aromatic ring is 1. The van der Waals surface area contributed by atoms with Crippen molar-refractivity contribution in [3.8, 4) is 0 Å². The zero-order chi connectivity index (χ0) is 16.1. The summed E-state index contributed by atoms with van der Waals surface area (Å²) >= 11 is 0. The lowest BCUT2D eigenvalue weighted by Gasteiger charge is -2.28. The van der Waals surface area contributed by atoms with E-state index in [1.165, 1.54) is 10.9 Å². The van der Waals surface area contributed by atoms with Crippen molar-refractivity contribution in [3.05, 3.63) is 29.3 Å². The summed E-state index contributed by atoms with van der Waals surface area (Å²) in [5, 5.41) is 29.9. The molecule has 6 N–H and O–H groups in total. The number of H-pyrrole nitrogens is 1. The monoisotopic (exact) mass is 309 g/mol. The van der Waals surface area contributed by atoms with Gasteiger partial charge >= 0.3 is 0 Å². The van der Waals surface area contributed by atoms with Crippen molar-refractivity contribution < 1.29 is 20.1 Å². The molecule has 4 atom stereocenters. The van der Waals surface area contributed by atoms with Crippen molar-refractivity contribution in [2.75, 3.05) is 12.3 Å². The molecule has 1 aliphatic heterocycles. The van der Waals surface area contributed by atoms with E-state index < -0.39 is 36.2 Å². The Labute approximate surface area is 123 Å². The van der Waals surface area contributed by atoms with E-state index in [1.54, 1.807) is 0 Å². The number of rotatable bonds is 3. The smallest absolute Gasteiger partial charge is 0.280 e. The molecular formula is C12H15N5O5. The van der Waals surface area contributed by atoms with Crippen LogP contribution < -0.4 is 11.3 Å². The summed E-state index contributed by atoms with van der Waals surface area (Å²) in [6.07, 6.45) is -1.25. The number of aliphatic hydroxyl groups excluding tert-OH is 2. The Bertz CT molecular complexity index is 786. The fraction of sp³-hybridized carbons (Fsp3) is 0.417. The largest absolute Gasteiger partial charge is 0.394 e. The van der Waals surface area contributed by atoms with Gasteiger partial charge in [0, 0.05) is 0 Å². The van der Waals surface area contributed by atoms with Crippen molar-refractivity contribution in [1.29, 1.82) is 0 Å². The zero-order valence-corrected chi connectivity index (χ0v) is 11.4. The minimum Gasteiger partial charge on any atom is -0.394 e. The van der Waals surface area contributed by atoms with Crippen LogP contribution in [-0.4, -0.2) is 59.3 Å². The molecule has 10 nitrogen and oxygen atoms in total. The fourth-order valence-corrected chi connectivity index (χ4v) is 2.56. The maximum atomic E-state index is 11.8. The molecule has 1 saturated heterocycles. The van der Waals surface area contributed by atoms with Crippen molar-refractivity contribution >= 4 is 17.1 Å². The SMILES string of the molecule is C=C[C@@]1(O)[C@H](O)[C@@H](CO)O[C@H]1n1cnc2c(=O)[nH]c(N)nc21. The van der Waals surface area contributed by atoms with E-state index in [0.29, 0.717) is 0 Å². The van der Waals surface area contributed by atoms with Gasteiger partial charge in [-0.2, -0.15) is 4.98 Å². The maximum absolute atomic E-state index is 11.8. The molecular weight excluding hydrogens is 294 g/mol. The second kappa shape index (κ2) is 4.88. The molecule has 3 rings (SSSR count). The number of imidazole rings is 1. The minimum atomic E-state index is -1.89. The summed E-state index contributed by atoms with van der Waals surface area (Å²) in [7, 11) is 0. The van der Waals surface area contributed by atoms with Gasteiger partial charge in [-0.15, -0.1) is 0 Å². The number of hydrogen-bond donors (Lipinski definition) is 5. The second-order valence-corrected chi connectivity index (χ2v) is 5.02. The quantitative estimate of drug-likeness (QED) is 0.402. The molecule has 0 spiro atoms. The van der Waals surface area contributed by atoms with E-state index in [-0.39, 0.29) is 17.1 Å². The second-order valence-electron chi connectivity index (χ2n) is 5.02. The molecule has 10 heteroatoms. The van der Waals surface area contributed by atoms with Gasteiger partial charge in [-0.05, 0) is 0 Å². The predicted octanol–water partition coefficient (Wildman–Crippen LogP) is -2.13. The summed E-state index contributed by atoms with van der Waals surface area (Å²) in [4.78, 5) is 22.0. The van der Waals surface area contributed by atoms with E-state index in [2.05, 4.69) is 21.5 Å². The van der Waals surface area contributed by atoms with E-state index in [0.717, 1.165) is 6.08 Å². The molecule has 0 radical (unpaired) electrons. The van der Waals surface area contributed by atoms with Crippen LogP contribution in [0.15, 0.2) is 23.8 Å². The number of nitrogens with one attached hydrogen (secondary N) is 1. The van der Waals surface area contributed by atoms with Crippen LogP contribution in [0.4, 0.5) is 5.95 Å². The number of anilines is 1. The summed E-state index contributed by atoms with van der Waals surface area (Å²) in [6.45, 7) is 2.99. The third kappa shape index (κ3) is 1.85. The number of aromatic amines is 1. The van der Waals surface area contributed by atoms with Gasteiger partial charge in [0.1, 0.15) is 12.2 Å². The van der Waals surface area contributed by atoms with E-state index in [4.69, 9.17) is 10.5 Å². The Morgan fingerprint density at radius 3 is 3.00 bits per heavy atom. The minimum absolute atomic E-state index is 0.00569. The van der Waals surface area contributed by atoms with Crippen molar-refractivity contribution in [1.82, 2.24) is 19.5 Å². The van der Waals surface area contributed by atoms with Crippen LogP contribution in [0.25, 0.3) is 11.2 Å². The highest BCUT2D eigenvalue weighted by molar-refractivity contribution is 5.70. The Hall–Kier alpha value is -2.27. The lowest BCUT2D eigenvalue weighted by atomic mass is 9.94. The molecule has 2 aromatic rings. The summed E-state index contributed by atoms with van der Waals surface area (Å²) in [6, 6.07) is 0. The summed E-state index contributed by atoms with van der Waals surface area (Å²) < 4.78 is 6.74. The molecule has 0 bridgehead atoms. The van der Waals surface area contributed by atoms with Gasteiger partial charge in [-0.3, -0.25) is 14.3 Å². The van der Waals surface area contributed by atoms with Gasteiger partial charge in [0.05, 0.1) is 12.9 Å². The first-order chi connectivity index (χ1) is 10.4. The number of aliphatic hydroxyl groups is 3. The molecule has 1 aliphatic rings. The van der Waals surface area contributed by atoms with Crippen LogP contribution >= 0.6 is 0 Å². The lowest BCUT2D eigenvalue weighted by molar-refractivity contribution is -0.0771. The van der Waals surface area contributed by atoms with Crippen molar-refractivity contribution in [2.24, 2.45) is 0 Å². The Morgan fingerprint density at radius 1 is 1.64 bits per heavy atom. The first-order valence-electron chi connectivity index (χ1n) is 6.45. The fourth-order valence-electron chi connectivity index (χ4n) is 2.56. The van der Waals surface area contributed by atoms with Crippen LogP contribution in [0.5, 0.6) is 0 Å². The molecule has 22 heavy (non-hydrogen) atoms. The average Bonchev–Trinajstić information content (AvgIpc) is 3.00. The molecule has 0 amide bonds. The summed E-state index contributed by atoms with van der Waals surface area (Å²) in [5.74, 6) is -0.126. The standard InChI is InChI=1S/C12H15N5O5/c1-2-12(21)7(19)5(3-18)22-10(12)17-4-14-6-8(17)15-11(13)16-9(6)20/h2,4-5,7,10,18-19,21H,1,3H2,(H3,13,15,16,20)/t5-,7-,10-,12-/m1/s1. The highest BCUT2D eigenvalue weighted by Crippen LogP contribution is 2.40. The van der Waals surface area contributed by atoms with Crippen LogP contribution in [0.1, 0.15) is 6.23 Å². The van der Waals surface area contributed by atoms with E-state index in [9.17, 15) is 20.1 Å². The zero-order valence-electron chi connectivity index (χ0n) is 11.4. The van der Waals surface area contributed by atoms with Gasteiger partial charge in [-0.1, -0.05) is 12.7 Å². The lowest BCUT2D eigenvalue weighted by Crippen LogP contribution is -2.45. The van der Waals surface area contributed by atoms with E-state index in [1.807, 2.05) is 0 Å². The van der Waals surface area contributed by atoms with E-state index >= 15 is 0 Å². The third-order valence-electron chi connectivity index (χ3n) is 3.74. The first kappa shape index (κ1) is 14.7. The number of ether oxygens (including phenoxy) is 1. The Kier molecular flexibility index (Phi) is 3.25. The van der Waals surface area contributed by atoms with Gasteiger partial charge in [0.2, 0.25) is 5.95 Å². The first-order valence-corrected chi connectivity index (χ1v) is 6.45.